The molecule has 1 fully saturated rings. The smallest absolute Gasteiger partial charge is 0.0220 e. The minimum atomic E-state index is 0.429. The minimum absolute atomic E-state index is 0.429. The molecule has 0 aromatic heterocycles. The van der Waals surface area contributed by atoms with E-state index in [1.165, 1.54) is 36.0 Å². The Labute approximate surface area is 86.5 Å². The maximum Gasteiger partial charge on any atom is 0.0220 e. The second kappa shape index (κ2) is 3.39. The molecule has 2 rings (SSSR count). The van der Waals surface area contributed by atoms with Gasteiger partial charge in [0.25, 0.3) is 0 Å². The van der Waals surface area contributed by atoms with Crippen molar-refractivity contribution in [1.29, 1.82) is 0 Å². The first-order chi connectivity index (χ1) is 6.67. The molecule has 0 radical (unpaired) electrons. The molecule has 0 bridgehead atoms. The van der Waals surface area contributed by atoms with Crippen LogP contribution in [0.25, 0.3) is 0 Å². The van der Waals surface area contributed by atoms with Gasteiger partial charge in [-0.3, -0.25) is 0 Å². The third-order valence-electron chi connectivity index (χ3n) is 3.63. The first-order valence-corrected chi connectivity index (χ1v) is 5.41. The minimum Gasteiger partial charge on any atom is -0.314 e. The van der Waals surface area contributed by atoms with E-state index in [0.29, 0.717) is 5.54 Å². The molecule has 1 saturated carbocycles. The van der Waals surface area contributed by atoms with Crippen molar-refractivity contribution in [3.05, 3.63) is 34.9 Å². The van der Waals surface area contributed by atoms with Crippen LogP contribution in [-0.4, -0.2) is 12.6 Å². The third kappa shape index (κ3) is 1.69. The van der Waals surface area contributed by atoms with Crippen LogP contribution in [0.4, 0.5) is 0 Å². The molecule has 0 aliphatic heterocycles. The molecule has 1 heteroatoms. The van der Waals surface area contributed by atoms with Crippen molar-refractivity contribution in [3.8, 4) is 0 Å². The maximum atomic E-state index is 3.45. The summed E-state index contributed by atoms with van der Waals surface area (Å²) in [5.41, 5.74) is 4.82. The number of aryl methyl sites for hydroxylation is 1. The second-order valence-electron chi connectivity index (χ2n) is 4.57. The van der Waals surface area contributed by atoms with E-state index < -0.39 is 0 Å². The summed E-state index contributed by atoms with van der Waals surface area (Å²) in [7, 11) is 2.08. The van der Waals surface area contributed by atoms with Gasteiger partial charge in [0.2, 0.25) is 0 Å². The average Bonchev–Trinajstić information content (AvgIpc) is 2.94. The highest BCUT2D eigenvalue weighted by Gasteiger charge is 2.40. The van der Waals surface area contributed by atoms with Gasteiger partial charge in [0, 0.05) is 5.54 Å². The maximum absolute atomic E-state index is 3.45. The summed E-state index contributed by atoms with van der Waals surface area (Å²) in [6.07, 6.45) is 3.85. The molecule has 1 N–H and O–H groups in total. The average molecular weight is 189 g/mol. The lowest BCUT2D eigenvalue weighted by molar-refractivity contribution is 0.547. The summed E-state index contributed by atoms with van der Waals surface area (Å²) in [6, 6.07) is 6.63. The number of hydrogen-bond donors (Lipinski definition) is 1. The summed E-state index contributed by atoms with van der Waals surface area (Å²) in [5.74, 6) is 0. The molecule has 1 aromatic rings. The van der Waals surface area contributed by atoms with E-state index in [2.05, 4.69) is 44.4 Å². The molecule has 1 aliphatic carbocycles. The van der Waals surface area contributed by atoms with Crippen molar-refractivity contribution >= 4 is 0 Å². The number of rotatable bonds is 3. The number of likely N-dealkylation sites (N-methyl/N-ethyl adjacent to an activating group) is 1. The molecular weight excluding hydrogens is 170 g/mol. The summed E-state index contributed by atoms with van der Waals surface area (Å²) in [4.78, 5) is 0. The second-order valence-corrected chi connectivity index (χ2v) is 4.57. The topological polar surface area (TPSA) is 12.0 Å². The molecule has 1 aromatic carbocycles. The van der Waals surface area contributed by atoms with Crippen molar-refractivity contribution < 1.29 is 0 Å². The Kier molecular flexibility index (Phi) is 2.36. The summed E-state index contributed by atoms with van der Waals surface area (Å²) < 4.78 is 0. The van der Waals surface area contributed by atoms with Crippen molar-refractivity contribution in [3.63, 3.8) is 0 Å². The van der Waals surface area contributed by atoms with Gasteiger partial charge in [-0.25, -0.2) is 0 Å². The van der Waals surface area contributed by atoms with Crippen molar-refractivity contribution in [1.82, 2.24) is 5.32 Å². The van der Waals surface area contributed by atoms with Crippen LogP contribution in [0.3, 0.4) is 0 Å². The van der Waals surface area contributed by atoms with Gasteiger partial charge in [0.15, 0.2) is 0 Å². The van der Waals surface area contributed by atoms with Crippen LogP contribution in [-0.2, 0) is 6.42 Å². The fraction of sp³-hybridized carbons (Fsp3) is 0.538. The Morgan fingerprint density at radius 1 is 1.29 bits per heavy atom. The highest BCUT2D eigenvalue weighted by atomic mass is 15.0. The van der Waals surface area contributed by atoms with Gasteiger partial charge in [-0.05, 0) is 56.8 Å². The molecule has 0 unspecified atom stereocenters. The van der Waals surface area contributed by atoms with Crippen LogP contribution in [0, 0.1) is 13.8 Å². The Morgan fingerprint density at radius 3 is 2.57 bits per heavy atom. The van der Waals surface area contributed by atoms with Crippen molar-refractivity contribution in [2.75, 3.05) is 7.05 Å². The molecule has 0 heterocycles. The molecular formula is C13H19N. The predicted octanol–water partition coefficient (Wildman–Crippen LogP) is 2.60. The summed E-state index contributed by atoms with van der Waals surface area (Å²) in [6.45, 7) is 4.42. The monoisotopic (exact) mass is 189 g/mol. The normalized spacial score (nSPS) is 18.2. The van der Waals surface area contributed by atoms with Crippen molar-refractivity contribution in [2.45, 2.75) is 38.6 Å². The van der Waals surface area contributed by atoms with Crippen LogP contribution in [0.2, 0.25) is 0 Å². The van der Waals surface area contributed by atoms with Crippen LogP contribution in [0.1, 0.15) is 29.5 Å². The standard InChI is InChI=1S/C13H19N/c1-10-5-4-6-12(11(10)2)9-13(14-3)7-8-13/h4-6,14H,7-9H2,1-3H3. The van der Waals surface area contributed by atoms with Gasteiger partial charge >= 0.3 is 0 Å². The van der Waals surface area contributed by atoms with Gasteiger partial charge in [0.1, 0.15) is 0 Å². The van der Waals surface area contributed by atoms with Crippen LogP contribution in [0.15, 0.2) is 18.2 Å². The Morgan fingerprint density at radius 2 is 2.00 bits per heavy atom. The van der Waals surface area contributed by atoms with E-state index in [4.69, 9.17) is 0 Å². The SMILES string of the molecule is CNC1(Cc2cccc(C)c2C)CC1. The van der Waals surface area contributed by atoms with Crippen LogP contribution >= 0.6 is 0 Å². The first-order valence-electron chi connectivity index (χ1n) is 5.41. The predicted molar refractivity (Wildman–Crippen MR) is 60.6 cm³/mol. The lowest BCUT2D eigenvalue weighted by atomic mass is 9.96. The fourth-order valence-corrected chi connectivity index (χ4v) is 2.03. The van der Waals surface area contributed by atoms with Crippen LogP contribution in [0.5, 0.6) is 0 Å². The summed E-state index contributed by atoms with van der Waals surface area (Å²) >= 11 is 0. The van der Waals surface area contributed by atoms with Gasteiger partial charge in [-0.15, -0.1) is 0 Å². The van der Waals surface area contributed by atoms with Gasteiger partial charge < -0.3 is 5.32 Å². The molecule has 0 amide bonds. The Hall–Kier alpha value is -0.820. The number of nitrogens with one attached hydrogen (secondary N) is 1. The van der Waals surface area contributed by atoms with E-state index in [-0.39, 0.29) is 0 Å². The highest BCUT2D eigenvalue weighted by molar-refractivity contribution is 5.35. The summed E-state index contributed by atoms with van der Waals surface area (Å²) in [5, 5.41) is 3.45. The Bertz CT molecular complexity index is 337. The Balaban J connectivity index is 2.21. The largest absolute Gasteiger partial charge is 0.314 e. The van der Waals surface area contributed by atoms with E-state index >= 15 is 0 Å². The molecule has 14 heavy (non-hydrogen) atoms. The molecule has 1 nitrogen and oxygen atoms in total. The molecule has 1 aliphatic rings. The zero-order chi connectivity index (χ0) is 10.2. The van der Waals surface area contributed by atoms with Crippen LogP contribution < -0.4 is 5.32 Å². The van der Waals surface area contributed by atoms with E-state index in [0.717, 1.165) is 0 Å². The first kappa shape index (κ1) is 9.72. The lowest BCUT2D eigenvalue weighted by Crippen LogP contribution is -2.29. The third-order valence-corrected chi connectivity index (χ3v) is 3.63. The number of hydrogen-bond acceptors (Lipinski definition) is 1. The van der Waals surface area contributed by atoms with E-state index in [1.807, 2.05) is 0 Å². The molecule has 76 valence electrons. The van der Waals surface area contributed by atoms with Gasteiger partial charge in [0.05, 0.1) is 0 Å². The highest BCUT2D eigenvalue weighted by Crippen LogP contribution is 2.38. The van der Waals surface area contributed by atoms with E-state index in [9.17, 15) is 0 Å². The quantitative estimate of drug-likeness (QED) is 0.770. The van der Waals surface area contributed by atoms with Gasteiger partial charge in [-0.2, -0.15) is 0 Å². The molecule has 0 spiro atoms. The fourth-order valence-electron chi connectivity index (χ4n) is 2.03. The zero-order valence-corrected chi connectivity index (χ0v) is 9.35. The van der Waals surface area contributed by atoms with Gasteiger partial charge in [-0.1, -0.05) is 18.2 Å². The van der Waals surface area contributed by atoms with Crippen molar-refractivity contribution in [2.24, 2.45) is 0 Å². The lowest BCUT2D eigenvalue weighted by Gasteiger charge is -2.16. The number of benzene rings is 1. The molecule has 0 saturated heterocycles. The van der Waals surface area contributed by atoms with E-state index in [1.54, 1.807) is 0 Å². The zero-order valence-electron chi connectivity index (χ0n) is 9.35. The molecule has 0 atom stereocenters.